The number of carbonyl (C=O) groups excluding carboxylic acids is 1. The Morgan fingerprint density at radius 3 is 2.63 bits per heavy atom. The highest BCUT2D eigenvalue weighted by Gasteiger charge is 2.23. The van der Waals surface area contributed by atoms with E-state index in [1.54, 1.807) is 7.11 Å². The van der Waals surface area contributed by atoms with Gasteiger partial charge in [0.1, 0.15) is 10.8 Å². The monoisotopic (exact) mass is 389 g/mol. The van der Waals surface area contributed by atoms with Gasteiger partial charge in [-0.15, -0.1) is 0 Å². The second-order valence-electron chi connectivity index (χ2n) is 6.93. The third-order valence-electron chi connectivity index (χ3n) is 4.54. The molecule has 0 saturated carbocycles. The molecule has 7 heteroatoms. The number of nitrogens with zero attached hydrogens (tertiary/aromatic N) is 2. The number of methoxy groups -OCH3 is 1. The summed E-state index contributed by atoms with van der Waals surface area (Å²) in [6.45, 7) is 6.78. The third kappa shape index (κ3) is 5.57. The first-order valence-electron chi connectivity index (χ1n) is 9.25. The van der Waals surface area contributed by atoms with Crippen LogP contribution in [0.3, 0.4) is 0 Å². The van der Waals surface area contributed by atoms with E-state index < -0.39 is 0 Å². The van der Waals surface area contributed by atoms with Gasteiger partial charge in [0, 0.05) is 19.6 Å². The van der Waals surface area contributed by atoms with Gasteiger partial charge in [-0.25, -0.2) is 5.43 Å². The van der Waals surface area contributed by atoms with Crippen LogP contribution in [0.25, 0.3) is 0 Å². The number of hydrazone groups is 1. The molecular weight excluding hydrogens is 362 g/mol. The molecule has 0 aromatic heterocycles. The molecule has 6 nitrogen and oxygen atoms in total. The molecule has 1 unspecified atom stereocenters. The van der Waals surface area contributed by atoms with Crippen LogP contribution in [-0.2, 0) is 9.53 Å². The molecule has 0 saturated heterocycles. The first-order chi connectivity index (χ1) is 13.0. The van der Waals surface area contributed by atoms with Gasteiger partial charge in [0.2, 0.25) is 0 Å². The SMILES string of the molecule is COc1ccc(C(CN2CC=C(C3=NNC(=O)CS3)CC2)OC(C)C)cc1. The highest BCUT2D eigenvalue weighted by Crippen LogP contribution is 2.26. The Morgan fingerprint density at radius 2 is 2.07 bits per heavy atom. The number of hydrogen-bond acceptors (Lipinski definition) is 6. The molecule has 1 N–H and O–H groups in total. The zero-order valence-electron chi connectivity index (χ0n) is 16.1. The third-order valence-corrected chi connectivity index (χ3v) is 5.57. The smallest absolute Gasteiger partial charge is 0.250 e. The van der Waals surface area contributed by atoms with E-state index in [-0.39, 0.29) is 18.1 Å². The maximum atomic E-state index is 11.2. The predicted molar refractivity (Wildman–Crippen MR) is 109 cm³/mol. The first kappa shape index (κ1) is 19.9. The summed E-state index contributed by atoms with van der Waals surface area (Å²) in [7, 11) is 1.68. The van der Waals surface area contributed by atoms with Gasteiger partial charge in [0.25, 0.3) is 5.91 Å². The summed E-state index contributed by atoms with van der Waals surface area (Å²) >= 11 is 1.52. The van der Waals surface area contributed by atoms with E-state index >= 15 is 0 Å². The van der Waals surface area contributed by atoms with Crippen LogP contribution in [0.15, 0.2) is 41.0 Å². The molecule has 3 rings (SSSR count). The average molecular weight is 390 g/mol. The molecule has 0 fully saturated rings. The van der Waals surface area contributed by atoms with Crippen molar-refractivity contribution in [3.05, 3.63) is 41.5 Å². The van der Waals surface area contributed by atoms with Crippen molar-refractivity contribution in [1.29, 1.82) is 0 Å². The molecule has 0 spiro atoms. The zero-order chi connectivity index (χ0) is 19.2. The minimum atomic E-state index is -0.0325. The molecule has 0 bridgehead atoms. The molecule has 146 valence electrons. The van der Waals surface area contributed by atoms with E-state index in [1.165, 1.54) is 17.3 Å². The van der Waals surface area contributed by atoms with E-state index in [2.05, 4.69) is 47.5 Å². The first-order valence-corrected chi connectivity index (χ1v) is 10.2. The molecule has 1 aromatic rings. The van der Waals surface area contributed by atoms with Gasteiger partial charge in [0.05, 0.1) is 25.1 Å². The lowest BCUT2D eigenvalue weighted by atomic mass is 10.1. The molecule has 1 aromatic carbocycles. The van der Waals surface area contributed by atoms with Gasteiger partial charge in [-0.1, -0.05) is 30.0 Å². The average Bonchev–Trinajstić information content (AvgIpc) is 2.68. The molecule has 2 aliphatic heterocycles. The number of benzene rings is 1. The highest BCUT2D eigenvalue weighted by atomic mass is 32.2. The number of rotatable bonds is 7. The fourth-order valence-corrected chi connectivity index (χ4v) is 3.97. The predicted octanol–water partition coefficient (Wildman–Crippen LogP) is 2.97. The molecular formula is C20H27N3O3S. The van der Waals surface area contributed by atoms with Crippen molar-refractivity contribution in [2.45, 2.75) is 32.5 Å². The van der Waals surface area contributed by atoms with E-state index in [1.807, 2.05) is 12.1 Å². The van der Waals surface area contributed by atoms with Crippen molar-refractivity contribution in [2.75, 3.05) is 32.5 Å². The molecule has 2 aliphatic rings. The lowest BCUT2D eigenvalue weighted by Gasteiger charge is -2.31. The standard InChI is InChI=1S/C20H27N3O3S/c1-14(2)26-18(15-4-6-17(25-3)7-5-15)12-23-10-8-16(9-11-23)20-22-21-19(24)13-27-20/h4-8,14,18H,9-13H2,1-3H3,(H,21,24). The topological polar surface area (TPSA) is 63.2 Å². The summed E-state index contributed by atoms with van der Waals surface area (Å²) in [5.74, 6) is 1.27. The van der Waals surface area contributed by atoms with Crippen molar-refractivity contribution < 1.29 is 14.3 Å². The van der Waals surface area contributed by atoms with Crippen LogP contribution < -0.4 is 10.2 Å². The van der Waals surface area contributed by atoms with Gasteiger partial charge in [0.15, 0.2) is 0 Å². The number of nitrogens with one attached hydrogen (secondary N) is 1. The highest BCUT2D eigenvalue weighted by molar-refractivity contribution is 8.15. The lowest BCUT2D eigenvalue weighted by molar-refractivity contribution is -0.118. The Hall–Kier alpha value is -1.83. The van der Waals surface area contributed by atoms with E-state index in [0.29, 0.717) is 5.75 Å². The summed E-state index contributed by atoms with van der Waals surface area (Å²) < 4.78 is 11.4. The van der Waals surface area contributed by atoms with Crippen molar-refractivity contribution in [3.63, 3.8) is 0 Å². The minimum absolute atomic E-state index is 0.0199. The van der Waals surface area contributed by atoms with Crippen LogP contribution in [0.5, 0.6) is 5.75 Å². The summed E-state index contributed by atoms with van der Waals surface area (Å²) in [5, 5.41) is 5.12. The number of carbonyl (C=O) groups is 1. The quantitative estimate of drug-likeness (QED) is 0.777. The summed E-state index contributed by atoms with van der Waals surface area (Å²) in [5.41, 5.74) is 4.95. The van der Waals surface area contributed by atoms with E-state index in [0.717, 1.165) is 42.4 Å². The summed E-state index contributed by atoms with van der Waals surface area (Å²) in [4.78, 5) is 13.6. The van der Waals surface area contributed by atoms with Gasteiger partial charge in [-0.3, -0.25) is 9.69 Å². The molecule has 0 aliphatic carbocycles. The normalized spacial score (nSPS) is 19.3. The molecule has 1 atom stereocenters. The van der Waals surface area contributed by atoms with Crippen molar-refractivity contribution in [3.8, 4) is 5.75 Å². The number of thioether (sulfide) groups is 1. The van der Waals surface area contributed by atoms with E-state index in [4.69, 9.17) is 9.47 Å². The molecule has 1 amide bonds. The van der Waals surface area contributed by atoms with Crippen molar-refractivity contribution in [1.82, 2.24) is 10.3 Å². The maximum Gasteiger partial charge on any atom is 0.250 e. The second kappa shape index (κ2) is 9.39. The van der Waals surface area contributed by atoms with Crippen molar-refractivity contribution in [2.24, 2.45) is 5.10 Å². The fourth-order valence-electron chi connectivity index (χ4n) is 3.16. The lowest BCUT2D eigenvalue weighted by Crippen LogP contribution is -2.36. The Balaban J connectivity index is 1.63. The molecule has 2 heterocycles. The fraction of sp³-hybridized carbons (Fsp3) is 0.500. The number of ether oxygens (including phenoxy) is 2. The Bertz CT molecular complexity index is 716. The minimum Gasteiger partial charge on any atom is -0.497 e. The number of hydrogen-bond donors (Lipinski definition) is 1. The van der Waals surface area contributed by atoms with Gasteiger partial charge in [-0.2, -0.15) is 5.10 Å². The largest absolute Gasteiger partial charge is 0.497 e. The van der Waals surface area contributed by atoms with Crippen LogP contribution >= 0.6 is 11.8 Å². The van der Waals surface area contributed by atoms with Crippen LogP contribution in [-0.4, -0.2) is 54.5 Å². The van der Waals surface area contributed by atoms with Crippen LogP contribution in [0.4, 0.5) is 0 Å². The summed E-state index contributed by atoms with van der Waals surface area (Å²) in [6, 6.07) is 8.11. The molecule has 27 heavy (non-hydrogen) atoms. The summed E-state index contributed by atoms with van der Waals surface area (Å²) in [6.07, 6.45) is 3.32. The Kier molecular flexibility index (Phi) is 6.93. The van der Waals surface area contributed by atoms with Crippen LogP contribution in [0.2, 0.25) is 0 Å². The van der Waals surface area contributed by atoms with Crippen LogP contribution in [0.1, 0.15) is 31.9 Å². The Labute approximate surface area is 165 Å². The molecule has 0 radical (unpaired) electrons. The van der Waals surface area contributed by atoms with Gasteiger partial charge >= 0.3 is 0 Å². The van der Waals surface area contributed by atoms with Crippen LogP contribution in [0, 0.1) is 0 Å². The zero-order valence-corrected chi connectivity index (χ0v) is 16.9. The van der Waals surface area contributed by atoms with Gasteiger partial charge in [-0.05, 0) is 43.5 Å². The van der Waals surface area contributed by atoms with E-state index in [9.17, 15) is 4.79 Å². The Morgan fingerprint density at radius 1 is 1.30 bits per heavy atom. The maximum absolute atomic E-state index is 11.2. The van der Waals surface area contributed by atoms with Crippen molar-refractivity contribution >= 4 is 22.7 Å². The second-order valence-corrected chi connectivity index (χ2v) is 7.89. The van der Waals surface area contributed by atoms with Gasteiger partial charge < -0.3 is 9.47 Å². The number of amides is 1.